The van der Waals surface area contributed by atoms with Crippen LogP contribution in [-0.2, 0) is 9.59 Å². The number of imide groups is 1. The normalized spacial score (nSPS) is 19.6. The molecule has 1 atom stereocenters. The highest BCUT2D eigenvalue weighted by molar-refractivity contribution is 6.04. The highest BCUT2D eigenvalue weighted by atomic mass is 16.4. The van der Waals surface area contributed by atoms with Crippen molar-refractivity contribution in [1.82, 2.24) is 5.32 Å². The molecule has 1 unspecified atom stereocenters. The molecule has 94 valence electrons. The molecule has 1 heterocycles. The number of hydrogen-bond acceptors (Lipinski definition) is 4. The first-order valence-electron chi connectivity index (χ1n) is 5.42. The van der Waals surface area contributed by atoms with E-state index in [0.29, 0.717) is 5.69 Å². The molecule has 1 aliphatic heterocycles. The third kappa shape index (κ3) is 2.17. The Morgan fingerprint density at radius 3 is 2.50 bits per heavy atom. The Kier molecular flexibility index (Phi) is 3.01. The van der Waals surface area contributed by atoms with Crippen LogP contribution in [0.1, 0.15) is 17.3 Å². The van der Waals surface area contributed by atoms with E-state index in [0.717, 1.165) is 0 Å². The number of amides is 2. The molecule has 18 heavy (non-hydrogen) atoms. The summed E-state index contributed by atoms with van der Waals surface area (Å²) in [6.45, 7) is 1.77. The molecule has 1 fully saturated rings. The van der Waals surface area contributed by atoms with E-state index in [1.54, 1.807) is 24.0 Å². The number of piperazine rings is 1. The average molecular weight is 248 g/mol. The van der Waals surface area contributed by atoms with Gasteiger partial charge in [-0.1, -0.05) is 0 Å². The largest absolute Gasteiger partial charge is 0.478 e. The van der Waals surface area contributed by atoms with Gasteiger partial charge in [-0.2, -0.15) is 0 Å². The maximum Gasteiger partial charge on any atom is 0.335 e. The molecule has 1 saturated heterocycles. The van der Waals surface area contributed by atoms with Crippen LogP contribution in [-0.4, -0.2) is 35.5 Å². The summed E-state index contributed by atoms with van der Waals surface area (Å²) in [5.74, 6) is -1.73. The van der Waals surface area contributed by atoms with Crippen LogP contribution < -0.4 is 10.2 Å². The lowest BCUT2D eigenvalue weighted by Gasteiger charge is -2.33. The highest BCUT2D eigenvalue weighted by Crippen LogP contribution is 2.19. The first-order chi connectivity index (χ1) is 8.49. The number of carboxylic acids is 1. The van der Waals surface area contributed by atoms with Crippen molar-refractivity contribution in [2.24, 2.45) is 0 Å². The summed E-state index contributed by atoms with van der Waals surface area (Å²) < 4.78 is 0. The van der Waals surface area contributed by atoms with E-state index in [4.69, 9.17) is 5.11 Å². The molecule has 0 bridgehead atoms. The van der Waals surface area contributed by atoms with Crippen LogP contribution in [0.15, 0.2) is 24.3 Å². The number of carboxylic acid groups (broad SMARTS) is 1. The lowest BCUT2D eigenvalue weighted by Crippen LogP contribution is -2.57. The first kappa shape index (κ1) is 12.1. The summed E-state index contributed by atoms with van der Waals surface area (Å²) in [5, 5.41) is 11.0. The Morgan fingerprint density at radius 2 is 1.94 bits per heavy atom. The molecule has 2 rings (SSSR count). The van der Waals surface area contributed by atoms with Crippen LogP contribution in [0.5, 0.6) is 0 Å². The molecular formula is C12H12N2O4. The zero-order valence-electron chi connectivity index (χ0n) is 9.71. The fourth-order valence-electron chi connectivity index (χ4n) is 1.82. The fourth-order valence-corrected chi connectivity index (χ4v) is 1.82. The predicted molar refractivity (Wildman–Crippen MR) is 63.4 cm³/mol. The molecule has 0 spiro atoms. The molecule has 1 aromatic carbocycles. The van der Waals surface area contributed by atoms with Gasteiger partial charge in [-0.05, 0) is 31.2 Å². The van der Waals surface area contributed by atoms with Gasteiger partial charge >= 0.3 is 5.97 Å². The van der Waals surface area contributed by atoms with E-state index in [1.807, 2.05) is 0 Å². The van der Waals surface area contributed by atoms with E-state index >= 15 is 0 Å². The van der Waals surface area contributed by atoms with Gasteiger partial charge in [0.2, 0.25) is 11.8 Å². The van der Waals surface area contributed by atoms with Crippen LogP contribution in [0, 0.1) is 0 Å². The third-order valence-electron chi connectivity index (χ3n) is 2.87. The number of carbonyl (C=O) groups excluding carboxylic acids is 2. The number of carbonyl (C=O) groups is 3. The van der Waals surface area contributed by atoms with Crippen molar-refractivity contribution < 1.29 is 19.5 Å². The zero-order valence-corrected chi connectivity index (χ0v) is 9.71. The van der Waals surface area contributed by atoms with Gasteiger partial charge in [0.15, 0.2) is 0 Å². The van der Waals surface area contributed by atoms with Gasteiger partial charge in [-0.3, -0.25) is 14.9 Å². The second kappa shape index (κ2) is 4.48. The van der Waals surface area contributed by atoms with E-state index in [-0.39, 0.29) is 23.9 Å². The minimum absolute atomic E-state index is 0.0827. The molecule has 0 aromatic heterocycles. The van der Waals surface area contributed by atoms with Gasteiger partial charge in [-0.15, -0.1) is 0 Å². The number of nitrogens with zero attached hydrogens (tertiary/aromatic N) is 1. The molecule has 6 heteroatoms. The monoisotopic (exact) mass is 248 g/mol. The number of rotatable bonds is 2. The minimum Gasteiger partial charge on any atom is -0.478 e. The smallest absolute Gasteiger partial charge is 0.335 e. The SMILES string of the molecule is CC1C(=O)NC(=O)CN1c1ccc(C(=O)O)cc1. The maximum absolute atomic E-state index is 11.5. The van der Waals surface area contributed by atoms with E-state index in [1.165, 1.54) is 12.1 Å². The van der Waals surface area contributed by atoms with Crippen molar-refractivity contribution in [1.29, 1.82) is 0 Å². The zero-order chi connectivity index (χ0) is 13.3. The van der Waals surface area contributed by atoms with Gasteiger partial charge in [-0.25, -0.2) is 4.79 Å². The Labute approximate surface area is 103 Å². The minimum atomic E-state index is -1.01. The molecule has 2 amide bonds. The quantitative estimate of drug-likeness (QED) is 0.732. The van der Waals surface area contributed by atoms with Crippen molar-refractivity contribution in [2.45, 2.75) is 13.0 Å². The van der Waals surface area contributed by atoms with Gasteiger partial charge in [0.25, 0.3) is 0 Å². The molecule has 6 nitrogen and oxygen atoms in total. The Bertz CT molecular complexity index is 509. The van der Waals surface area contributed by atoms with Gasteiger partial charge in [0.1, 0.15) is 6.04 Å². The van der Waals surface area contributed by atoms with E-state index in [2.05, 4.69) is 5.32 Å². The van der Waals surface area contributed by atoms with Crippen molar-refractivity contribution >= 4 is 23.5 Å². The van der Waals surface area contributed by atoms with Crippen LogP contribution in [0.2, 0.25) is 0 Å². The summed E-state index contributed by atoms with van der Waals surface area (Å²) in [6.07, 6.45) is 0. The number of anilines is 1. The number of nitrogens with one attached hydrogen (secondary N) is 1. The third-order valence-corrected chi connectivity index (χ3v) is 2.87. The second-order valence-corrected chi connectivity index (χ2v) is 4.07. The molecule has 0 saturated carbocycles. The number of aromatic carboxylic acids is 1. The molecular weight excluding hydrogens is 236 g/mol. The summed E-state index contributed by atoms with van der Waals surface area (Å²) in [4.78, 5) is 35.2. The van der Waals surface area contributed by atoms with E-state index < -0.39 is 12.0 Å². The Balaban J connectivity index is 2.27. The molecule has 1 aromatic rings. The fraction of sp³-hybridized carbons (Fsp3) is 0.250. The Hall–Kier alpha value is -2.37. The summed E-state index contributed by atoms with van der Waals surface area (Å²) in [7, 11) is 0. The topological polar surface area (TPSA) is 86.7 Å². The van der Waals surface area contributed by atoms with Crippen molar-refractivity contribution in [3.63, 3.8) is 0 Å². The van der Waals surface area contributed by atoms with Crippen LogP contribution in [0.3, 0.4) is 0 Å². The van der Waals surface area contributed by atoms with E-state index in [9.17, 15) is 14.4 Å². The Morgan fingerprint density at radius 1 is 1.33 bits per heavy atom. The highest BCUT2D eigenvalue weighted by Gasteiger charge is 2.30. The summed E-state index contributed by atoms with van der Waals surface area (Å²) >= 11 is 0. The second-order valence-electron chi connectivity index (χ2n) is 4.07. The number of hydrogen-bond donors (Lipinski definition) is 2. The van der Waals surface area contributed by atoms with Crippen LogP contribution in [0.25, 0.3) is 0 Å². The molecule has 2 N–H and O–H groups in total. The number of benzene rings is 1. The average Bonchev–Trinajstić information content (AvgIpc) is 2.34. The predicted octanol–water partition coefficient (Wildman–Crippen LogP) is 0.236. The summed E-state index contributed by atoms with van der Waals surface area (Å²) in [6, 6.07) is 5.61. The lowest BCUT2D eigenvalue weighted by atomic mass is 10.1. The van der Waals surface area contributed by atoms with Crippen molar-refractivity contribution in [3.05, 3.63) is 29.8 Å². The van der Waals surface area contributed by atoms with Gasteiger partial charge in [0, 0.05) is 5.69 Å². The lowest BCUT2D eigenvalue weighted by molar-refractivity contribution is -0.132. The molecule has 1 aliphatic rings. The maximum atomic E-state index is 11.5. The molecule has 0 radical (unpaired) electrons. The standard InChI is InChI=1S/C12H12N2O4/c1-7-11(16)13-10(15)6-14(7)9-4-2-8(3-5-9)12(17)18/h2-5,7H,6H2,1H3,(H,17,18)(H,13,15,16). The van der Waals surface area contributed by atoms with Gasteiger partial charge in [0.05, 0.1) is 12.1 Å². The van der Waals surface area contributed by atoms with Crippen molar-refractivity contribution in [3.8, 4) is 0 Å². The van der Waals surface area contributed by atoms with Crippen LogP contribution in [0.4, 0.5) is 5.69 Å². The van der Waals surface area contributed by atoms with Crippen LogP contribution >= 0.6 is 0 Å². The van der Waals surface area contributed by atoms with Gasteiger partial charge < -0.3 is 10.0 Å². The van der Waals surface area contributed by atoms with Crippen molar-refractivity contribution in [2.75, 3.05) is 11.4 Å². The molecule has 0 aliphatic carbocycles. The summed E-state index contributed by atoms with van der Waals surface area (Å²) in [5.41, 5.74) is 0.815. The first-order valence-corrected chi connectivity index (χ1v) is 5.42.